The summed E-state index contributed by atoms with van der Waals surface area (Å²) >= 11 is 0. The van der Waals surface area contributed by atoms with Crippen LogP contribution in [0.2, 0.25) is 0 Å². The predicted octanol–water partition coefficient (Wildman–Crippen LogP) is 9.36. The lowest BCUT2D eigenvalue weighted by molar-refractivity contribution is -0.332. The summed E-state index contributed by atoms with van der Waals surface area (Å²) in [6.07, 6.45) is 33.5. The Kier molecular flexibility index (Phi) is 40.1. The Bertz CT molecular complexity index is 1300. The number of aliphatic hydroxyl groups is 7. The first-order valence-electron chi connectivity index (χ1n) is 28.1. The third-order valence-corrected chi connectivity index (χ3v) is 13.4. The molecule has 0 spiro atoms. The van der Waals surface area contributed by atoms with Crippen molar-refractivity contribution in [3.63, 3.8) is 0 Å². The van der Waals surface area contributed by atoms with Gasteiger partial charge in [0.05, 0.1) is 26.4 Å². The van der Waals surface area contributed by atoms with Gasteiger partial charge in [0.25, 0.3) is 0 Å². The molecule has 410 valence electrons. The topological polar surface area (TPSA) is 214 Å². The highest BCUT2D eigenvalue weighted by Crippen LogP contribution is 2.26. The summed E-state index contributed by atoms with van der Waals surface area (Å²) < 4.78 is 34.3. The van der Waals surface area contributed by atoms with E-state index in [2.05, 4.69) is 50.3 Å². The van der Waals surface area contributed by atoms with Crippen LogP contribution in [0.3, 0.4) is 0 Å². The summed E-state index contributed by atoms with van der Waals surface area (Å²) in [6, 6.07) is 0. The Balaban J connectivity index is 1.71. The summed E-state index contributed by atoms with van der Waals surface area (Å²) in [6.45, 7) is 3.66. The Labute approximate surface area is 423 Å². The summed E-state index contributed by atoms with van der Waals surface area (Å²) in [5.41, 5.74) is 0. The second-order valence-electron chi connectivity index (χ2n) is 19.8. The number of allylic oxidation sites excluding steroid dienone is 6. The number of unbranched alkanes of at least 4 members (excludes halogenated alkanes) is 25. The van der Waals surface area contributed by atoms with Gasteiger partial charge in [0, 0.05) is 13.0 Å². The van der Waals surface area contributed by atoms with Gasteiger partial charge in [-0.05, 0) is 70.6 Å². The van der Waals surface area contributed by atoms with Crippen LogP contribution in [-0.2, 0) is 33.2 Å². The van der Waals surface area contributed by atoms with Gasteiger partial charge in [-0.2, -0.15) is 0 Å². The van der Waals surface area contributed by atoms with Crippen molar-refractivity contribution in [1.29, 1.82) is 0 Å². The molecule has 2 fully saturated rings. The van der Waals surface area contributed by atoms with Crippen molar-refractivity contribution in [2.24, 2.45) is 0 Å². The number of hydrogen-bond acceptors (Lipinski definition) is 14. The standard InChI is InChI=1S/C56H102O14/c1-3-5-7-9-11-13-15-17-18-19-20-21-22-23-24-25-26-27-29-31-33-35-37-39-48(58)68-45(42-65-40-38-36-34-32-30-28-16-14-12-10-8-6-4-2)43-66-55-54(64)52(62)50(60)47(70-55)44-67-56-53(63)51(61)49(59)46(41-57)69-56/h12,14-15,17,19-20,45-47,49-57,59-64H,3-11,13,16,18,21-44H2,1-2H3/b14-12-,17-15-,20-19-. The van der Waals surface area contributed by atoms with Gasteiger partial charge in [-0.25, -0.2) is 0 Å². The lowest BCUT2D eigenvalue weighted by atomic mass is 9.98. The Morgan fingerprint density at radius 2 is 0.886 bits per heavy atom. The van der Waals surface area contributed by atoms with Crippen LogP contribution in [0.5, 0.6) is 0 Å². The molecule has 0 bridgehead atoms. The molecular formula is C56H102O14. The van der Waals surface area contributed by atoms with Gasteiger partial charge >= 0.3 is 5.97 Å². The van der Waals surface area contributed by atoms with E-state index in [9.17, 15) is 40.5 Å². The average molecular weight is 999 g/mol. The zero-order valence-electron chi connectivity index (χ0n) is 43.8. The molecule has 2 aliphatic rings. The fourth-order valence-corrected chi connectivity index (χ4v) is 8.78. The molecule has 7 N–H and O–H groups in total. The van der Waals surface area contributed by atoms with E-state index in [1.165, 1.54) is 135 Å². The van der Waals surface area contributed by atoms with Crippen molar-refractivity contribution in [1.82, 2.24) is 0 Å². The summed E-state index contributed by atoms with van der Waals surface area (Å²) in [5, 5.41) is 72.2. The van der Waals surface area contributed by atoms with Crippen LogP contribution in [0.25, 0.3) is 0 Å². The number of ether oxygens (including phenoxy) is 6. The van der Waals surface area contributed by atoms with Crippen LogP contribution >= 0.6 is 0 Å². The quantitative estimate of drug-likeness (QED) is 0.0172. The third kappa shape index (κ3) is 30.4. The minimum atomic E-state index is -1.71. The smallest absolute Gasteiger partial charge is 0.306 e. The van der Waals surface area contributed by atoms with E-state index in [0.29, 0.717) is 13.0 Å². The molecule has 0 aliphatic carbocycles. The second kappa shape index (κ2) is 43.6. The number of rotatable bonds is 45. The molecule has 0 aromatic heterocycles. The van der Waals surface area contributed by atoms with Gasteiger partial charge < -0.3 is 64.2 Å². The monoisotopic (exact) mass is 999 g/mol. The molecule has 0 aromatic carbocycles. The highest BCUT2D eigenvalue weighted by molar-refractivity contribution is 5.69. The first-order valence-corrected chi connectivity index (χ1v) is 28.1. The van der Waals surface area contributed by atoms with Crippen LogP contribution in [0.4, 0.5) is 0 Å². The van der Waals surface area contributed by atoms with Crippen LogP contribution < -0.4 is 0 Å². The zero-order valence-corrected chi connectivity index (χ0v) is 43.8. The van der Waals surface area contributed by atoms with E-state index in [1.54, 1.807) is 0 Å². The van der Waals surface area contributed by atoms with Crippen molar-refractivity contribution >= 4 is 5.97 Å². The highest BCUT2D eigenvalue weighted by Gasteiger charge is 2.47. The summed E-state index contributed by atoms with van der Waals surface area (Å²) in [7, 11) is 0. The molecule has 2 saturated heterocycles. The van der Waals surface area contributed by atoms with Crippen molar-refractivity contribution in [3.05, 3.63) is 36.5 Å². The second-order valence-corrected chi connectivity index (χ2v) is 19.8. The first-order chi connectivity index (χ1) is 34.1. The predicted molar refractivity (Wildman–Crippen MR) is 275 cm³/mol. The number of esters is 1. The van der Waals surface area contributed by atoms with Crippen molar-refractivity contribution in [2.45, 2.75) is 280 Å². The molecule has 2 rings (SSSR count). The zero-order chi connectivity index (χ0) is 50.9. The maximum atomic E-state index is 13.0. The fraction of sp³-hybridized carbons (Fsp3) is 0.875. The maximum absolute atomic E-state index is 13.0. The van der Waals surface area contributed by atoms with Crippen LogP contribution in [0, 0.1) is 0 Å². The molecule has 0 aromatic rings. The lowest BCUT2D eigenvalue weighted by Gasteiger charge is -2.42. The molecule has 0 saturated carbocycles. The minimum absolute atomic E-state index is 0.0578. The van der Waals surface area contributed by atoms with Gasteiger partial charge in [0.2, 0.25) is 0 Å². The van der Waals surface area contributed by atoms with Crippen molar-refractivity contribution in [3.8, 4) is 0 Å². The van der Waals surface area contributed by atoms with Crippen LogP contribution in [0.15, 0.2) is 36.5 Å². The molecular weight excluding hydrogens is 897 g/mol. The Hall–Kier alpha value is -1.79. The van der Waals surface area contributed by atoms with Gasteiger partial charge in [-0.3, -0.25) is 4.79 Å². The van der Waals surface area contributed by atoms with Gasteiger partial charge in [0.15, 0.2) is 12.6 Å². The molecule has 14 nitrogen and oxygen atoms in total. The molecule has 2 aliphatic heterocycles. The van der Waals surface area contributed by atoms with Crippen molar-refractivity contribution in [2.75, 3.05) is 33.0 Å². The van der Waals surface area contributed by atoms with Gasteiger partial charge in [-0.1, -0.05) is 172 Å². The molecule has 11 unspecified atom stereocenters. The first kappa shape index (κ1) is 64.3. The van der Waals surface area contributed by atoms with E-state index >= 15 is 0 Å². The molecule has 11 atom stereocenters. The third-order valence-electron chi connectivity index (χ3n) is 13.4. The van der Waals surface area contributed by atoms with E-state index in [4.69, 9.17) is 28.4 Å². The van der Waals surface area contributed by atoms with Gasteiger partial charge in [-0.15, -0.1) is 0 Å². The van der Waals surface area contributed by atoms with Crippen LogP contribution in [-0.4, -0.2) is 142 Å². The molecule has 0 amide bonds. The average Bonchev–Trinajstić information content (AvgIpc) is 3.36. The summed E-state index contributed by atoms with van der Waals surface area (Å²) in [4.78, 5) is 13.0. The Morgan fingerprint density at radius 3 is 1.41 bits per heavy atom. The van der Waals surface area contributed by atoms with E-state index in [1.807, 2.05) is 0 Å². The van der Waals surface area contributed by atoms with Crippen molar-refractivity contribution < 1.29 is 69.0 Å². The largest absolute Gasteiger partial charge is 0.457 e. The van der Waals surface area contributed by atoms with E-state index in [0.717, 1.165) is 51.4 Å². The number of carbonyl (C=O) groups is 1. The minimum Gasteiger partial charge on any atom is -0.457 e. The number of hydrogen-bond donors (Lipinski definition) is 7. The molecule has 70 heavy (non-hydrogen) atoms. The number of aliphatic hydroxyl groups excluding tert-OH is 7. The van der Waals surface area contributed by atoms with E-state index < -0.39 is 80.7 Å². The molecule has 14 heteroatoms. The van der Waals surface area contributed by atoms with E-state index in [-0.39, 0.29) is 25.6 Å². The van der Waals surface area contributed by atoms with Crippen LogP contribution in [0.1, 0.15) is 213 Å². The molecule has 2 heterocycles. The van der Waals surface area contributed by atoms with Gasteiger partial charge in [0.1, 0.15) is 54.9 Å². The lowest BCUT2D eigenvalue weighted by Crippen LogP contribution is -2.61. The number of carbonyl (C=O) groups excluding carboxylic acids is 1. The maximum Gasteiger partial charge on any atom is 0.306 e. The molecule has 0 radical (unpaired) electrons. The normalized spacial score (nSPS) is 25.7. The SMILES string of the molecule is CCCCC/C=C\CCCCCCCCOCC(COC1OC(COC2OC(CO)C(O)C(O)C2O)C(O)C(O)C1O)OC(=O)CCCCCCCCCCCCC/C=C\C/C=C\CCCCCCC. The Morgan fingerprint density at radius 1 is 0.471 bits per heavy atom. The summed E-state index contributed by atoms with van der Waals surface area (Å²) in [5.74, 6) is -0.379. The highest BCUT2D eigenvalue weighted by atomic mass is 16.7. The fourth-order valence-electron chi connectivity index (χ4n) is 8.78.